The third kappa shape index (κ3) is 7.63. The van der Waals surface area contributed by atoms with E-state index in [1.807, 2.05) is 19.1 Å². The number of carbonyl (C=O) groups excluding carboxylic acids is 2. The van der Waals surface area contributed by atoms with Gasteiger partial charge in [-0.2, -0.15) is 0 Å². The van der Waals surface area contributed by atoms with Crippen LogP contribution in [0.15, 0.2) is 18.2 Å². The Bertz CT molecular complexity index is 610. The normalized spacial score (nSPS) is 12.1. The molecule has 7 nitrogen and oxygen atoms in total. The molecular formula is C19H30N2O5. The van der Waals surface area contributed by atoms with E-state index in [1.165, 1.54) is 0 Å². The Morgan fingerprint density at radius 1 is 1.15 bits per heavy atom. The molecule has 0 aliphatic carbocycles. The number of methoxy groups -OCH3 is 2. The second-order valence-corrected chi connectivity index (χ2v) is 6.93. The third-order valence-electron chi connectivity index (χ3n) is 3.53. The summed E-state index contributed by atoms with van der Waals surface area (Å²) >= 11 is 0. The molecule has 0 saturated carbocycles. The summed E-state index contributed by atoms with van der Waals surface area (Å²) in [5, 5.41) is 5.57. The fourth-order valence-corrected chi connectivity index (χ4v) is 2.32. The summed E-state index contributed by atoms with van der Waals surface area (Å²) in [5.74, 6) is 1.28. The third-order valence-corrected chi connectivity index (χ3v) is 3.53. The maximum atomic E-state index is 12.1. The molecule has 1 rings (SSSR count). The van der Waals surface area contributed by atoms with Crippen molar-refractivity contribution in [3.63, 3.8) is 0 Å². The zero-order chi connectivity index (χ0) is 19.7. The van der Waals surface area contributed by atoms with E-state index in [9.17, 15) is 9.59 Å². The van der Waals surface area contributed by atoms with Gasteiger partial charge in [-0.25, -0.2) is 4.79 Å². The van der Waals surface area contributed by atoms with Gasteiger partial charge >= 0.3 is 6.09 Å². The number of ether oxygens (including phenoxy) is 3. The molecule has 2 N–H and O–H groups in total. The number of amides is 2. The lowest BCUT2D eigenvalue weighted by Crippen LogP contribution is -2.33. The smallest absolute Gasteiger partial charge is 0.407 e. The summed E-state index contributed by atoms with van der Waals surface area (Å²) < 4.78 is 15.7. The van der Waals surface area contributed by atoms with Gasteiger partial charge in [-0.05, 0) is 52.3 Å². The SMILES string of the molecule is COc1ccc(OC)c([C@@H](C)NC(=O)CCCNC(=O)OC(C)(C)C)c1. The van der Waals surface area contributed by atoms with Crippen molar-refractivity contribution in [2.75, 3.05) is 20.8 Å². The van der Waals surface area contributed by atoms with Crippen LogP contribution in [0.4, 0.5) is 4.79 Å². The van der Waals surface area contributed by atoms with Gasteiger partial charge < -0.3 is 24.8 Å². The van der Waals surface area contributed by atoms with Crippen molar-refractivity contribution in [3.8, 4) is 11.5 Å². The number of rotatable bonds is 8. The average molecular weight is 366 g/mol. The highest BCUT2D eigenvalue weighted by Crippen LogP contribution is 2.29. The average Bonchev–Trinajstić information content (AvgIpc) is 2.56. The van der Waals surface area contributed by atoms with E-state index in [-0.39, 0.29) is 11.9 Å². The number of carbonyl (C=O) groups is 2. The summed E-state index contributed by atoms with van der Waals surface area (Å²) in [6.45, 7) is 7.66. The first-order valence-corrected chi connectivity index (χ1v) is 8.64. The molecule has 0 aliphatic heterocycles. The Balaban J connectivity index is 2.45. The summed E-state index contributed by atoms with van der Waals surface area (Å²) in [6.07, 6.45) is 0.340. The molecule has 0 spiro atoms. The van der Waals surface area contributed by atoms with Gasteiger partial charge in [0.1, 0.15) is 17.1 Å². The van der Waals surface area contributed by atoms with Crippen LogP contribution in [0.25, 0.3) is 0 Å². The first kappa shape index (κ1) is 21.6. The maximum Gasteiger partial charge on any atom is 0.407 e. The molecule has 0 heterocycles. The largest absolute Gasteiger partial charge is 0.497 e. The van der Waals surface area contributed by atoms with E-state index in [1.54, 1.807) is 41.1 Å². The highest BCUT2D eigenvalue weighted by Gasteiger charge is 2.17. The molecule has 2 amide bonds. The molecule has 7 heteroatoms. The Labute approximate surface area is 155 Å². The van der Waals surface area contributed by atoms with E-state index in [0.29, 0.717) is 30.9 Å². The van der Waals surface area contributed by atoms with Crippen molar-refractivity contribution in [2.45, 2.75) is 52.2 Å². The number of benzene rings is 1. The van der Waals surface area contributed by atoms with E-state index in [0.717, 1.165) is 5.56 Å². The van der Waals surface area contributed by atoms with Crippen LogP contribution in [-0.4, -0.2) is 38.4 Å². The van der Waals surface area contributed by atoms with Gasteiger partial charge in [0.2, 0.25) is 5.91 Å². The Hall–Kier alpha value is -2.44. The number of hydrogen-bond donors (Lipinski definition) is 2. The first-order valence-electron chi connectivity index (χ1n) is 8.64. The van der Waals surface area contributed by atoms with Crippen molar-refractivity contribution in [1.29, 1.82) is 0 Å². The molecule has 26 heavy (non-hydrogen) atoms. The molecule has 0 saturated heterocycles. The lowest BCUT2D eigenvalue weighted by molar-refractivity contribution is -0.121. The van der Waals surface area contributed by atoms with Gasteiger partial charge in [0.15, 0.2) is 0 Å². The number of hydrogen-bond acceptors (Lipinski definition) is 5. The van der Waals surface area contributed by atoms with Crippen LogP contribution >= 0.6 is 0 Å². The molecule has 0 unspecified atom stereocenters. The van der Waals surface area contributed by atoms with Crippen molar-refractivity contribution >= 4 is 12.0 Å². The van der Waals surface area contributed by atoms with Crippen molar-refractivity contribution in [3.05, 3.63) is 23.8 Å². The molecule has 0 aliphatic rings. The van der Waals surface area contributed by atoms with Gasteiger partial charge in [0, 0.05) is 18.5 Å². The molecule has 0 aromatic heterocycles. The topological polar surface area (TPSA) is 85.9 Å². The van der Waals surface area contributed by atoms with Gasteiger partial charge in [-0.15, -0.1) is 0 Å². The monoisotopic (exact) mass is 366 g/mol. The van der Waals surface area contributed by atoms with Crippen LogP contribution in [0.5, 0.6) is 11.5 Å². The minimum Gasteiger partial charge on any atom is -0.497 e. The van der Waals surface area contributed by atoms with Crippen molar-refractivity contribution in [1.82, 2.24) is 10.6 Å². The second-order valence-electron chi connectivity index (χ2n) is 6.93. The van der Waals surface area contributed by atoms with Crippen molar-refractivity contribution < 1.29 is 23.8 Å². The number of nitrogens with one attached hydrogen (secondary N) is 2. The fraction of sp³-hybridized carbons (Fsp3) is 0.579. The maximum absolute atomic E-state index is 12.1. The zero-order valence-electron chi connectivity index (χ0n) is 16.5. The first-order chi connectivity index (χ1) is 12.2. The van der Waals surface area contributed by atoms with Crippen LogP contribution in [0.2, 0.25) is 0 Å². The Morgan fingerprint density at radius 2 is 1.85 bits per heavy atom. The molecule has 1 aromatic rings. The molecule has 1 atom stereocenters. The van der Waals surface area contributed by atoms with Gasteiger partial charge in [-0.3, -0.25) is 4.79 Å². The summed E-state index contributed by atoms with van der Waals surface area (Å²) in [4.78, 5) is 23.7. The van der Waals surface area contributed by atoms with Gasteiger partial charge in [0.05, 0.1) is 20.3 Å². The zero-order valence-corrected chi connectivity index (χ0v) is 16.5. The predicted molar refractivity (Wildman–Crippen MR) is 99.6 cm³/mol. The minimum absolute atomic E-state index is 0.103. The lowest BCUT2D eigenvalue weighted by Gasteiger charge is -2.20. The van der Waals surface area contributed by atoms with Crippen LogP contribution in [0.3, 0.4) is 0 Å². The van der Waals surface area contributed by atoms with Gasteiger partial charge in [0.25, 0.3) is 0 Å². The summed E-state index contributed by atoms with van der Waals surface area (Å²) in [5.41, 5.74) is 0.305. The molecular weight excluding hydrogens is 336 g/mol. The molecule has 0 bridgehead atoms. The molecule has 0 fully saturated rings. The van der Waals surface area contributed by atoms with Crippen LogP contribution in [-0.2, 0) is 9.53 Å². The van der Waals surface area contributed by atoms with E-state index < -0.39 is 11.7 Å². The highest BCUT2D eigenvalue weighted by molar-refractivity contribution is 5.76. The Kier molecular flexibility index (Phi) is 8.22. The number of alkyl carbamates (subject to hydrolysis) is 1. The van der Waals surface area contributed by atoms with E-state index in [4.69, 9.17) is 14.2 Å². The van der Waals surface area contributed by atoms with E-state index >= 15 is 0 Å². The second kappa shape index (κ2) is 9.89. The van der Waals surface area contributed by atoms with Crippen LogP contribution in [0.1, 0.15) is 52.1 Å². The predicted octanol–water partition coefficient (Wildman–Crippen LogP) is 3.19. The lowest BCUT2D eigenvalue weighted by atomic mass is 10.1. The minimum atomic E-state index is -0.535. The standard InChI is InChI=1S/C19H30N2O5/c1-13(15-12-14(24-5)9-10-16(15)25-6)21-17(22)8-7-11-20-18(23)26-19(2,3)4/h9-10,12-13H,7-8,11H2,1-6H3,(H,20,23)(H,21,22)/t13-/m1/s1. The molecule has 146 valence electrons. The fourth-order valence-electron chi connectivity index (χ4n) is 2.32. The van der Waals surface area contributed by atoms with E-state index in [2.05, 4.69) is 10.6 Å². The molecule has 0 radical (unpaired) electrons. The quantitative estimate of drug-likeness (QED) is 0.690. The van der Waals surface area contributed by atoms with Gasteiger partial charge in [-0.1, -0.05) is 0 Å². The highest BCUT2D eigenvalue weighted by atomic mass is 16.6. The van der Waals surface area contributed by atoms with Crippen LogP contribution in [0, 0.1) is 0 Å². The van der Waals surface area contributed by atoms with Crippen molar-refractivity contribution in [2.24, 2.45) is 0 Å². The summed E-state index contributed by atoms with van der Waals surface area (Å²) in [7, 11) is 3.18. The summed E-state index contributed by atoms with van der Waals surface area (Å²) in [6, 6.07) is 5.22. The Morgan fingerprint density at radius 3 is 2.42 bits per heavy atom. The molecule has 1 aromatic carbocycles. The van der Waals surface area contributed by atoms with Crippen LogP contribution < -0.4 is 20.1 Å².